The number of fused-ring (bicyclic) bond motifs is 3. The van der Waals surface area contributed by atoms with Crippen molar-refractivity contribution in [3.8, 4) is 5.75 Å². The molecule has 4 aromatic rings. The molecule has 0 bridgehead atoms. The zero-order chi connectivity index (χ0) is 18.3. The molecule has 0 aliphatic rings. The molecule has 4 rings (SSSR count). The number of amides is 1. The third-order valence-corrected chi connectivity index (χ3v) is 4.92. The molecular weight excluding hydrogens is 348 g/mol. The number of carbonyl (C=O) groups is 1. The second-order valence-corrected chi connectivity index (χ2v) is 6.54. The third kappa shape index (κ3) is 2.59. The van der Waals surface area contributed by atoms with E-state index >= 15 is 0 Å². The molecule has 26 heavy (non-hydrogen) atoms. The summed E-state index contributed by atoms with van der Waals surface area (Å²) in [6.07, 6.45) is 0. The van der Waals surface area contributed by atoms with Crippen molar-refractivity contribution in [1.29, 1.82) is 0 Å². The normalized spacial score (nSPS) is 11.2. The minimum atomic E-state index is -0.425. The van der Waals surface area contributed by atoms with Gasteiger partial charge in [0, 0.05) is 28.4 Å². The minimum absolute atomic E-state index is 0.425. The average molecular weight is 365 g/mol. The van der Waals surface area contributed by atoms with Crippen LogP contribution in [0, 0.1) is 0 Å². The summed E-state index contributed by atoms with van der Waals surface area (Å²) in [7, 11) is 1.60. The predicted molar refractivity (Wildman–Crippen MR) is 105 cm³/mol. The number of methoxy groups -OCH3 is 1. The standard InChI is InChI=1S/C21H17ClN2O2/c1-26-19-10-9-13(11-16(19)22)12-24-17-7-3-2-5-14(17)20-15(21(23)25)6-4-8-18(20)24/h2-11H,12H2,1H3,(H2,23,25). The zero-order valence-corrected chi connectivity index (χ0v) is 15.0. The van der Waals surface area contributed by atoms with E-state index in [9.17, 15) is 4.79 Å². The van der Waals surface area contributed by atoms with Gasteiger partial charge in [0.2, 0.25) is 5.91 Å². The van der Waals surface area contributed by atoms with Gasteiger partial charge in [-0.05, 0) is 35.9 Å². The first-order chi connectivity index (χ1) is 12.6. The van der Waals surface area contributed by atoms with Gasteiger partial charge in [-0.25, -0.2) is 0 Å². The molecule has 0 saturated heterocycles. The van der Waals surface area contributed by atoms with E-state index in [1.165, 1.54) is 0 Å². The second-order valence-electron chi connectivity index (χ2n) is 6.14. The first kappa shape index (κ1) is 16.5. The van der Waals surface area contributed by atoms with Gasteiger partial charge in [0.15, 0.2) is 0 Å². The van der Waals surface area contributed by atoms with Crippen molar-refractivity contribution < 1.29 is 9.53 Å². The number of carbonyl (C=O) groups excluding carboxylic acids is 1. The Bertz CT molecular complexity index is 1150. The quantitative estimate of drug-likeness (QED) is 0.575. The number of nitrogens with zero attached hydrogens (tertiary/aromatic N) is 1. The Morgan fingerprint density at radius 3 is 2.58 bits per heavy atom. The van der Waals surface area contributed by atoms with Crippen LogP contribution in [0.5, 0.6) is 5.75 Å². The molecule has 5 heteroatoms. The molecule has 130 valence electrons. The Kier molecular flexibility index (Phi) is 4.05. The molecule has 0 saturated carbocycles. The predicted octanol–water partition coefficient (Wildman–Crippen LogP) is 4.60. The molecule has 1 aromatic heterocycles. The van der Waals surface area contributed by atoms with Crippen molar-refractivity contribution in [3.05, 3.63) is 76.8 Å². The highest BCUT2D eigenvalue weighted by atomic mass is 35.5. The van der Waals surface area contributed by atoms with Crippen LogP contribution >= 0.6 is 11.6 Å². The van der Waals surface area contributed by atoms with Crippen LogP contribution in [0.15, 0.2) is 60.7 Å². The Morgan fingerprint density at radius 1 is 1.08 bits per heavy atom. The summed E-state index contributed by atoms with van der Waals surface area (Å²) < 4.78 is 7.40. The number of aromatic nitrogens is 1. The van der Waals surface area contributed by atoms with E-state index in [4.69, 9.17) is 22.1 Å². The lowest BCUT2D eigenvalue weighted by Crippen LogP contribution is -2.11. The van der Waals surface area contributed by atoms with Crippen LogP contribution in [0.2, 0.25) is 5.02 Å². The summed E-state index contributed by atoms with van der Waals surface area (Å²) in [4.78, 5) is 11.9. The minimum Gasteiger partial charge on any atom is -0.495 e. The highest BCUT2D eigenvalue weighted by Crippen LogP contribution is 2.33. The van der Waals surface area contributed by atoms with Crippen molar-refractivity contribution in [3.63, 3.8) is 0 Å². The van der Waals surface area contributed by atoms with E-state index in [-0.39, 0.29) is 0 Å². The van der Waals surface area contributed by atoms with Gasteiger partial charge in [0.25, 0.3) is 0 Å². The maximum absolute atomic E-state index is 11.9. The van der Waals surface area contributed by atoms with Gasteiger partial charge >= 0.3 is 0 Å². The summed E-state index contributed by atoms with van der Waals surface area (Å²) in [5, 5.41) is 2.47. The largest absolute Gasteiger partial charge is 0.495 e. The van der Waals surface area contributed by atoms with Crippen molar-refractivity contribution in [2.45, 2.75) is 6.54 Å². The molecule has 0 fully saturated rings. The fourth-order valence-electron chi connectivity index (χ4n) is 3.46. The Morgan fingerprint density at radius 2 is 1.85 bits per heavy atom. The van der Waals surface area contributed by atoms with Crippen molar-refractivity contribution >= 4 is 39.3 Å². The van der Waals surface area contributed by atoms with Crippen molar-refractivity contribution in [2.75, 3.05) is 7.11 Å². The van der Waals surface area contributed by atoms with Crippen LogP contribution < -0.4 is 10.5 Å². The van der Waals surface area contributed by atoms with E-state index in [2.05, 4.69) is 4.57 Å². The molecule has 2 N–H and O–H groups in total. The van der Waals surface area contributed by atoms with Gasteiger partial charge in [-0.3, -0.25) is 4.79 Å². The van der Waals surface area contributed by atoms with E-state index < -0.39 is 5.91 Å². The maximum Gasteiger partial charge on any atom is 0.249 e. The lowest BCUT2D eigenvalue weighted by molar-refractivity contribution is 0.100. The fraction of sp³-hybridized carbons (Fsp3) is 0.0952. The van der Waals surface area contributed by atoms with E-state index in [0.29, 0.717) is 22.9 Å². The lowest BCUT2D eigenvalue weighted by atomic mass is 10.1. The third-order valence-electron chi connectivity index (χ3n) is 4.62. The van der Waals surface area contributed by atoms with Crippen LogP contribution in [0.25, 0.3) is 21.8 Å². The SMILES string of the molecule is COc1ccc(Cn2c3ccccc3c3c(C(N)=O)cccc32)cc1Cl. The Hall–Kier alpha value is -2.98. The molecule has 0 unspecified atom stereocenters. The van der Waals surface area contributed by atoms with Crippen LogP contribution in [0.3, 0.4) is 0 Å². The highest BCUT2D eigenvalue weighted by molar-refractivity contribution is 6.32. The van der Waals surface area contributed by atoms with E-state index in [0.717, 1.165) is 27.4 Å². The molecule has 0 aliphatic heterocycles. The van der Waals surface area contributed by atoms with Gasteiger partial charge in [0.05, 0.1) is 17.6 Å². The van der Waals surface area contributed by atoms with Crippen LogP contribution in [0.4, 0.5) is 0 Å². The highest BCUT2D eigenvalue weighted by Gasteiger charge is 2.16. The maximum atomic E-state index is 11.9. The summed E-state index contributed by atoms with van der Waals surface area (Å²) in [6.45, 7) is 0.621. The first-order valence-corrected chi connectivity index (χ1v) is 8.60. The molecule has 0 radical (unpaired) electrons. The lowest BCUT2D eigenvalue weighted by Gasteiger charge is -2.10. The van der Waals surface area contributed by atoms with E-state index in [1.807, 2.05) is 54.6 Å². The second kappa shape index (κ2) is 6.39. The number of nitrogens with two attached hydrogens (primary N) is 1. The molecule has 0 spiro atoms. The number of hydrogen-bond acceptors (Lipinski definition) is 2. The van der Waals surface area contributed by atoms with Gasteiger partial charge in [-0.15, -0.1) is 0 Å². The van der Waals surface area contributed by atoms with Crippen LogP contribution in [-0.2, 0) is 6.54 Å². The fourth-order valence-corrected chi connectivity index (χ4v) is 3.75. The van der Waals surface area contributed by atoms with Gasteiger partial charge in [-0.1, -0.05) is 41.9 Å². The molecule has 4 nitrogen and oxygen atoms in total. The van der Waals surface area contributed by atoms with Gasteiger partial charge in [-0.2, -0.15) is 0 Å². The van der Waals surface area contributed by atoms with Crippen LogP contribution in [0.1, 0.15) is 15.9 Å². The molecule has 0 atom stereocenters. The Balaban J connectivity index is 1.95. The molecule has 3 aromatic carbocycles. The number of benzene rings is 3. The Labute approximate surface area is 155 Å². The smallest absolute Gasteiger partial charge is 0.249 e. The summed E-state index contributed by atoms with van der Waals surface area (Å²) in [6, 6.07) is 19.4. The topological polar surface area (TPSA) is 57.2 Å². The number of ether oxygens (including phenoxy) is 1. The first-order valence-electron chi connectivity index (χ1n) is 8.22. The average Bonchev–Trinajstić information content (AvgIpc) is 2.96. The molecule has 1 amide bonds. The van der Waals surface area contributed by atoms with Crippen molar-refractivity contribution in [1.82, 2.24) is 4.57 Å². The number of para-hydroxylation sites is 1. The summed E-state index contributed by atoms with van der Waals surface area (Å²) in [5.74, 6) is 0.222. The van der Waals surface area contributed by atoms with E-state index in [1.54, 1.807) is 13.2 Å². The number of rotatable bonds is 4. The molecular formula is C21H17ClN2O2. The number of hydrogen-bond donors (Lipinski definition) is 1. The zero-order valence-electron chi connectivity index (χ0n) is 14.2. The molecule has 0 aliphatic carbocycles. The molecule has 1 heterocycles. The van der Waals surface area contributed by atoms with Crippen molar-refractivity contribution in [2.24, 2.45) is 5.73 Å². The van der Waals surface area contributed by atoms with Gasteiger partial charge in [0.1, 0.15) is 5.75 Å². The van der Waals surface area contributed by atoms with Crippen LogP contribution in [-0.4, -0.2) is 17.6 Å². The number of primary amides is 1. The monoisotopic (exact) mass is 364 g/mol. The number of halogens is 1. The summed E-state index contributed by atoms with van der Waals surface area (Å²) >= 11 is 6.28. The van der Waals surface area contributed by atoms with Gasteiger partial charge < -0.3 is 15.0 Å². The summed E-state index contributed by atoms with van der Waals surface area (Å²) in [5.41, 5.74) is 9.19.